The molecule has 1 aliphatic heterocycles. The topological polar surface area (TPSA) is 171 Å². The van der Waals surface area contributed by atoms with Crippen molar-refractivity contribution in [2.45, 2.75) is 37.2 Å². The number of nitrogens with zero attached hydrogens (tertiary/aromatic N) is 2. The smallest absolute Gasteiger partial charge is 0.222 e. The van der Waals surface area contributed by atoms with E-state index in [0.717, 1.165) is 11.8 Å². The number of anilines is 1. The Kier molecular flexibility index (Phi) is 6.75. The van der Waals surface area contributed by atoms with Gasteiger partial charge >= 0.3 is 0 Å². The third kappa shape index (κ3) is 4.76. The van der Waals surface area contributed by atoms with E-state index in [9.17, 15) is 29.6 Å². The van der Waals surface area contributed by atoms with E-state index in [1.807, 2.05) is 6.07 Å². The zero-order chi connectivity index (χ0) is 23.7. The maximum atomic E-state index is 14.6. The zero-order valence-corrected chi connectivity index (χ0v) is 17.7. The first-order chi connectivity index (χ1) is 15.8. The summed E-state index contributed by atoms with van der Waals surface area (Å²) in [6.07, 6.45) is -2.74. The predicted molar refractivity (Wildman–Crippen MR) is 114 cm³/mol. The van der Waals surface area contributed by atoms with Gasteiger partial charge in [-0.05, 0) is 24.1 Å². The van der Waals surface area contributed by atoms with Gasteiger partial charge in [-0.3, -0.25) is 4.79 Å². The van der Waals surface area contributed by atoms with Crippen LogP contribution in [0.5, 0.6) is 5.75 Å². The number of halogens is 1. The molecule has 10 nitrogen and oxygen atoms in total. The molecule has 2 aliphatic rings. The monoisotopic (exact) mass is 462 g/mol. The number of benzene rings is 1. The van der Waals surface area contributed by atoms with Gasteiger partial charge in [-0.15, -0.1) is 0 Å². The van der Waals surface area contributed by atoms with Crippen LogP contribution in [0, 0.1) is 23.6 Å². The Bertz CT molecular complexity index is 1010. The molecule has 2 aromatic rings. The molecule has 1 aliphatic carbocycles. The van der Waals surface area contributed by atoms with E-state index in [4.69, 9.17) is 10.5 Å². The quantitative estimate of drug-likeness (QED) is 0.341. The van der Waals surface area contributed by atoms with Gasteiger partial charge in [-0.2, -0.15) is 0 Å². The molecule has 0 spiro atoms. The predicted octanol–water partition coefficient (Wildman–Crippen LogP) is -0.808. The van der Waals surface area contributed by atoms with E-state index in [-0.39, 0.29) is 25.3 Å². The van der Waals surface area contributed by atoms with Crippen LogP contribution in [-0.4, -0.2) is 73.9 Å². The number of carbonyl (C=O) groups excluding carboxylic acids is 1. The average molecular weight is 462 g/mol. The Morgan fingerprint density at radius 1 is 1.36 bits per heavy atom. The summed E-state index contributed by atoms with van der Waals surface area (Å²) in [6.45, 7) is -0.865. The standard InChI is InChI=1S/C22H27FN4O6/c23-14-7-25-17-5-10-2-1-3-11(4-10)33-9-16(30)20(31)13-6-12(15(29)8-28)18(21(24)32)19(13)27-22(14)26-17/h1-4,7,12-13,15-16,18-20,28-31H,5-6,8-9H2,(H2,24,32)(H,25,26,27)/t12?,13?,15-,16-,18-,19+,20-/m0/s1. The highest BCUT2D eigenvalue weighted by Crippen LogP contribution is 2.43. The number of aromatic nitrogens is 2. The largest absolute Gasteiger partial charge is 0.491 e. The Balaban J connectivity index is 1.78. The van der Waals surface area contributed by atoms with Crippen molar-refractivity contribution < 1.29 is 34.3 Å². The number of ether oxygens (including phenoxy) is 1. The highest BCUT2D eigenvalue weighted by molar-refractivity contribution is 5.79. The van der Waals surface area contributed by atoms with Gasteiger partial charge in [0.15, 0.2) is 11.6 Å². The van der Waals surface area contributed by atoms with Crippen LogP contribution in [-0.2, 0) is 11.2 Å². The normalized spacial score (nSPS) is 30.3. The number of carbonyl (C=O) groups is 1. The summed E-state index contributed by atoms with van der Waals surface area (Å²) in [6, 6.07) is 6.03. The molecule has 1 amide bonds. The Hall–Kier alpha value is -2.86. The summed E-state index contributed by atoms with van der Waals surface area (Å²) in [5, 5.41) is 44.3. The molecule has 0 radical (unpaired) electrons. The van der Waals surface area contributed by atoms with Crippen molar-refractivity contribution in [2.24, 2.45) is 23.5 Å². The van der Waals surface area contributed by atoms with Crippen LogP contribution in [0.15, 0.2) is 30.5 Å². The van der Waals surface area contributed by atoms with Gasteiger partial charge in [-0.25, -0.2) is 14.4 Å². The maximum Gasteiger partial charge on any atom is 0.222 e. The number of rotatable bonds is 3. The van der Waals surface area contributed by atoms with Crippen LogP contribution in [0.1, 0.15) is 17.8 Å². The first-order valence-electron chi connectivity index (χ1n) is 10.7. The average Bonchev–Trinajstić information content (AvgIpc) is 3.17. The van der Waals surface area contributed by atoms with E-state index in [0.29, 0.717) is 11.6 Å². The summed E-state index contributed by atoms with van der Waals surface area (Å²) in [5.41, 5.74) is 6.41. The molecule has 1 aromatic heterocycles. The van der Waals surface area contributed by atoms with Crippen LogP contribution in [0.4, 0.5) is 10.2 Å². The second kappa shape index (κ2) is 9.56. The summed E-state index contributed by atoms with van der Waals surface area (Å²) in [5.74, 6) is -3.71. The fraction of sp³-hybridized carbons (Fsp3) is 0.500. The van der Waals surface area contributed by atoms with Crippen LogP contribution in [0.2, 0.25) is 0 Å². The second-order valence-corrected chi connectivity index (χ2v) is 8.59. The number of hydrogen-bond donors (Lipinski definition) is 6. The number of primary amides is 1. The molecule has 4 bridgehead atoms. The highest BCUT2D eigenvalue weighted by atomic mass is 19.1. The van der Waals surface area contributed by atoms with Crippen LogP contribution in [0.3, 0.4) is 0 Å². The number of amides is 1. The molecule has 2 heterocycles. The molecule has 2 unspecified atom stereocenters. The van der Waals surface area contributed by atoms with Crippen molar-refractivity contribution >= 4 is 11.7 Å². The number of aliphatic hydroxyl groups excluding tert-OH is 4. The molecule has 4 rings (SSSR count). The molecule has 33 heavy (non-hydrogen) atoms. The van der Waals surface area contributed by atoms with E-state index >= 15 is 0 Å². The van der Waals surface area contributed by atoms with Crippen LogP contribution < -0.4 is 15.8 Å². The fourth-order valence-electron chi connectivity index (χ4n) is 4.85. The van der Waals surface area contributed by atoms with Gasteiger partial charge in [0.2, 0.25) is 5.91 Å². The summed E-state index contributed by atoms with van der Waals surface area (Å²) < 4.78 is 20.3. The third-order valence-electron chi connectivity index (χ3n) is 6.48. The van der Waals surface area contributed by atoms with Gasteiger partial charge in [-0.1, -0.05) is 12.1 Å². The number of nitrogens with one attached hydrogen (secondary N) is 1. The van der Waals surface area contributed by atoms with Gasteiger partial charge in [0.25, 0.3) is 0 Å². The minimum atomic E-state index is -1.41. The Morgan fingerprint density at radius 2 is 2.15 bits per heavy atom. The van der Waals surface area contributed by atoms with Gasteiger partial charge < -0.3 is 36.2 Å². The molecule has 11 heteroatoms. The molecule has 1 saturated carbocycles. The first kappa shape index (κ1) is 23.3. The van der Waals surface area contributed by atoms with Crippen LogP contribution >= 0.6 is 0 Å². The van der Waals surface area contributed by atoms with Crippen molar-refractivity contribution in [1.82, 2.24) is 9.97 Å². The minimum Gasteiger partial charge on any atom is -0.491 e. The van der Waals surface area contributed by atoms with E-state index < -0.39 is 60.4 Å². The highest BCUT2D eigenvalue weighted by Gasteiger charge is 2.52. The van der Waals surface area contributed by atoms with Crippen molar-refractivity contribution in [2.75, 3.05) is 18.5 Å². The molecule has 1 aromatic carbocycles. The third-order valence-corrected chi connectivity index (χ3v) is 6.48. The number of fused-ring (bicyclic) bond motifs is 5. The SMILES string of the molecule is NC(=O)[C@H]1C([C@@H](O)CO)CC2[C@H]1Nc1nc(ncc1F)Cc1cccc(c1)OC[C@H](O)[C@H]2O. The zero-order valence-electron chi connectivity index (χ0n) is 17.7. The molecule has 1 fully saturated rings. The van der Waals surface area contributed by atoms with E-state index in [2.05, 4.69) is 15.3 Å². The van der Waals surface area contributed by atoms with Gasteiger partial charge in [0.1, 0.15) is 24.3 Å². The van der Waals surface area contributed by atoms with E-state index in [1.54, 1.807) is 18.2 Å². The summed E-state index contributed by atoms with van der Waals surface area (Å²) in [4.78, 5) is 20.7. The number of aliphatic hydroxyl groups is 4. The van der Waals surface area contributed by atoms with Gasteiger partial charge in [0.05, 0.1) is 30.9 Å². The lowest BCUT2D eigenvalue weighted by molar-refractivity contribution is -0.125. The molecule has 178 valence electrons. The summed E-state index contributed by atoms with van der Waals surface area (Å²) >= 11 is 0. The molecule has 7 N–H and O–H groups in total. The Labute approximate surface area is 189 Å². The van der Waals surface area contributed by atoms with Crippen molar-refractivity contribution in [3.63, 3.8) is 0 Å². The second-order valence-electron chi connectivity index (χ2n) is 8.59. The fourth-order valence-corrected chi connectivity index (χ4v) is 4.85. The molecular weight excluding hydrogens is 435 g/mol. The number of hydrogen-bond acceptors (Lipinski definition) is 9. The van der Waals surface area contributed by atoms with Crippen molar-refractivity contribution in [3.05, 3.63) is 47.7 Å². The van der Waals surface area contributed by atoms with Crippen LogP contribution in [0.25, 0.3) is 0 Å². The summed E-state index contributed by atoms with van der Waals surface area (Å²) in [7, 11) is 0. The van der Waals surface area contributed by atoms with E-state index in [1.165, 1.54) is 0 Å². The lowest BCUT2D eigenvalue weighted by atomic mass is 9.87. The molecular formula is C22H27FN4O6. The lowest BCUT2D eigenvalue weighted by Gasteiger charge is -2.31. The molecule has 7 atom stereocenters. The first-order valence-corrected chi connectivity index (χ1v) is 10.7. The van der Waals surface area contributed by atoms with Gasteiger partial charge in [0, 0.05) is 24.3 Å². The maximum absolute atomic E-state index is 14.6. The lowest BCUT2D eigenvalue weighted by Crippen LogP contribution is -2.48. The van der Waals surface area contributed by atoms with Crippen molar-refractivity contribution in [3.8, 4) is 5.75 Å². The Morgan fingerprint density at radius 3 is 2.88 bits per heavy atom. The number of nitrogens with two attached hydrogens (primary N) is 1. The van der Waals surface area contributed by atoms with Crippen molar-refractivity contribution in [1.29, 1.82) is 0 Å². The molecule has 0 saturated heterocycles. The minimum absolute atomic E-state index is 0.0419.